The molecule has 0 aromatic heterocycles. The summed E-state index contributed by atoms with van der Waals surface area (Å²) in [5.41, 5.74) is 0. The van der Waals surface area contributed by atoms with E-state index in [0.29, 0.717) is 6.61 Å². The molecule has 0 saturated carbocycles. The number of halogens is 1. The summed E-state index contributed by atoms with van der Waals surface area (Å²) in [6.45, 7) is 9.41. The molecule has 0 N–H and O–H groups in total. The second-order valence-corrected chi connectivity index (χ2v) is 3.52. The highest BCUT2D eigenvalue weighted by Crippen LogP contribution is 2.12. The topological polar surface area (TPSA) is 18.5 Å². The molecular weight excluding hydrogens is 164 g/mol. The van der Waals surface area contributed by atoms with E-state index in [9.17, 15) is 0 Å². The first-order valence-corrected chi connectivity index (χ1v) is 3.98. The Hall–Kier alpha value is -0.210. The summed E-state index contributed by atoms with van der Waals surface area (Å²) in [5, 5.41) is 0.00249. The van der Waals surface area contributed by atoms with Gasteiger partial charge in [0.25, 0.3) is 0 Å². The Morgan fingerprint density at radius 3 is 2.55 bits per heavy atom. The molecule has 0 heterocycles. The third-order valence-corrected chi connectivity index (χ3v) is 1.15. The van der Waals surface area contributed by atoms with Crippen molar-refractivity contribution in [2.45, 2.75) is 31.9 Å². The zero-order valence-electron chi connectivity index (χ0n) is 7.26. The van der Waals surface area contributed by atoms with Crippen molar-refractivity contribution < 1.29 is 9.47 Å². The lowest BCUT2D eigenvalue weighted by Crippen LogP contribution is -2.28. The van der Waals surface area contributed by atoms with Crippen molar-refractivity contribution in [2.75, 3.05) is 6.61 Å². The van der Waals surface area contributed by atoms with Gasteiger partial charge in [-0.15, -0.1) is 11.6 Å². The summed E-state index contributed by atoms with van der Waals surface area (Å²) in [6.07, 6.45) is 1.36. The van der Waals surface area contributed by atoms with E-state index in [1.165, 1.54) is 6.26 Å². The van der Waals surface area contributed by atoms with Crippen molar-refractivity contribution in [3.8, 4) is 0 Å². The molecule has 0 amide bonds. The molecule has 0 aliphatic carbocycles. The molecule has 66 valence electrons. The van der Waals surface area contributed by atoms with Gasteiger partial charge in [0.05, 0.1) is 18.2 Å². The molecule has 0 rings (SSSR count). The quantitative estimate of drug-likeness (QED) is 0.366. The summed E-state index contributed by atoms with van der Waals surface area (Å²) in [5.74, 6) is -0.620. The van der Waals surface area contributed by atoms with Gasteiger partial charge in [-0.2, -0.15) is 0 Å². The largest absolute Gasteiger partial charge is 0.471 e. The van der Waals surface area contributed by atoms with Gasteiger partial charge in [0.15, 0.2) is 0 Å². The number of rotatable bonds is 5. The Morgan fingerprint density at radius 2 is 2.18 bits per heavy atom. The predicted molar refractivity (Wildman–Crippen MR) is 46.6 cm³/mol. The number of alkyl halides is 1. The molecule has 0 aromatic rings. The van der Waals surface area contributed by atoms with E-state index in [0.717, 1.165) is 0 Å². The van der Waals surface area contributed by atoms with Crippen molar-refractivity contribution in [1.82, 2.24) is 0 Å². The lowest BCUT2D eigenvalue weighted by molar-refractivity contribution is -0.180. The van der Waals surface area contributed by atoms with E-state index in [2.05, 4.69) is 6.58 Å². The van der Waals surface area contributed by atoms with Crippen LogP contribution in [0.2, 0.25) is 0 Å². The predicted octanol–water partition coefficient (Wildman–Crippen LogP) is 2.53. The smallest absolute Gasteiger partial charge is 0.203 e. The lowest BCUT2D eigenvalue weighted by atomic mass is 10.4. The van der Waals surface area contributed by atoms with Crippen LogP contribution < -0.4 is 0 Å². The van der Waals surface area contributed by atoms with Crippen LogP contribution in [0.15, 0.2) is 12.8 Å². The van der Waals surface area contributed by atoms with Crippen LogP contribution in [-0.4, -0.2) is 17.8 Å². The van der Waals surface area contributed by atoms with Crippen molar-refractivity contribution in [3.05, 3.63) is 12.8 Å². The minimum atomic E-state index is -0.620. The van der Waals surface area contributed by atoms with Gasteiger partial charge in [-0.3, -0.25) is 0 Å². The lowest BCUT2D eigenvalue weighted by Gasteiger charge is -2.24. The number of hydrogen-bond acceptors (Lipinski definition) is 2. The zero-order chi connectivity index (χ0) is 8.91. The Bertz CT molecular complexity index is 121. The third-order valence-electron chi connectivity index (χ3n) is 1.03. The standard InChI is InChI=1S/C8H15ClO2/c1-5-10-8(3,4)11-6-7(2)9/h5,7H,1,6H2,2-4H3. The van der Waals surface area contributed by atoms with Gasteiger partial charge in [-0.25, -0.2) is 0 Å². The molecule has 0 aliphatic heterocycles. The molecular formula is C8H15ClO2. The number of ether oxygens (including phenoxy) is 2. The highest BCUT2D eigenvalue weighted by Gasteiger charge is 2.18. The highest BCUT2D eigenvalue weighted by atomic mass is 35.5. The van der Waals surface area contributed by atoms with E-state index in [1.54, 1.807) is 0 Å². The van der Waals surface area contributed by atoms with Crippen LogP contribution in [0.5, 0.6) is 0 Å². The van der Waals surface area contributed by atoms with Crippen molar-refractivity contribution in [2.24, 2.45) is 0 Å². The number of hydrogen-bond donors (Lipinski definition) is 0. The molecule has 3 heteroatoms. The molecule has 0 aliphatic rings. The Labute approximate surface area is 73.1 Å². The Morgan fingerprint density at radius 1 is 1.64 bits per heavy atom. The molecule has 0 bridgehead atoms. The molecule has 1 unspecified atom stereocenters. The summed E-state index contributed by atoms with van der Waals surface area (Å²) >= 11 is 5.68. The second-order valence-electron chi connectivity index (χ2n) is 2.78. The highest BCUT2D eigenvalue weighted by molar-refractivity contribution is 6.20. The zero-order valence-corrected chi connectivity index (χ0v) is 8.02. The van der Waals surface area contributed by atoms with Gasteiger partial charge < -0.3 is 9.47 Å². The molecule has 0 aromatic carbocycles. The van der Waals surface area contributed by atoms with Gasteiger partial charge in [0.1, 0.15) is 0 Å². The van der Waals surface area contributed by atoms with Crippen molar-refractivity contribution >= 4 is 11.6 Å². The summed E-state index contributed by atoms with van der Waals surface area (Å²) in [4.78, 5) is 0. The fourth-order valence-corrected chi connectivity index (χ4v) is 0.613. The fraction of sp³-hybridized carbons (Fsp3) is 0.750. The van der Waals surface area contributed by atoms with Gasteiger partial charge in [-0.1, -0.05) is 6.58 Å². The van der Waals surface area contributed by atoms with Crippen LogP contribution in [-0.2, 0) is 9.47 Å². The minimum absolute atomic E-state index is 0.00249. The van der Waals surface area contributed by atoms with E-state index >= 15 is 0 Å². The molecule has 0 saturated heterocycles. The molecule has 11 heavy (non-hydrogen) atoms. The molecule has 0 fully saturated rings. The maximum Gasteiger partial charge on any atom is 0.203 e. The van der Waals surface area contributed by atoms with Gasteiger partial charge in [0.2, 0.25) is 5.79 Å². The Balaban J connectivity index is 3.62. The van der Waals surface area contributed by atoms with Crippen LogP contribution in [0.3, 0.4) is 0 Å². The van der Waals surface area contributed by atoms with Crippen molar-refractivity contribution in [3.63, 3.8) is 0 Å². The maximum atomic E-state index is 5.68. The van der Waals surface area contributed by atoms with Gasteiger partial charge >= 0.3 is 0 Å². The SMILES string of the molecule is C=COC(C)(C)OCC(C)Cl. The second kappa shape index (κ2) is 4.62. The van der Waals surface area contributed by atoms with Crippen LogP contribution in [0.1, 0.15) is 20.8 Å². The van der Waals surface area contributed by atoms with Crippen LogP contribution >= 0.6 is 11.6 Å². The van der Waals surface area contributed by atoms with E-state index in [1.807, 2.05) is 20.8 Å². The first-order chi connectivity index (χ1) is 4.98. The summed E-state index contributed by atoms with van der Waals surface area (Å²) < 4.78 is 10.4. The summed E-state index contributed by atoms with van der Waals surface area (Å²) in [7, 11) is 0. The van der Waals surface area contributed by atoms with Gasteiger partial charge in [0, 0.05) is 13.8 Å². The maximum absolute atomic E-state index is 5.68. The monoisotopic (exact) mass is 178 g/mol. The third kappa shape index (κ3) is 6.20. The molecule has 0 radical (unpaired) electrons. The first-order valence-electron chi connectivity index (χ1n) is 3.54. The van der Waals surface area contributed by atoms with Crippen LogP contribution in [0.25, 0.3) is 0 Å². The van der Waals surface area contributed by atoms with Crippen LogP contribution in [0, 0.1) is 0 Å². The summed E-state index contributed by atoms with van der Waals surface area (Å²) in [6, 6.07) is 0. The van der Waals surface area contributed by atoms with Crippen LogP contribution in [0.4, 0.5) is 0 Å². The molecule has 2 nitrogen and oxygen atoms in total. The van der Waals surface area contributed by atoms with Gasteiger partial charge in [-0.05, 0) is 6.92 Å². The molecule has 0 spiro atoms. The first kappa shape index (κ1) is 10.8. The van der Waals surface area contributed by atoms with E-state index in [-0.39, 0.29) is 5.38 Å². The minimum Gasteiger partial charge on any atom is -0.471 e. The fourth-order valence-electron chi connectivity index (χ4n) is 0.550. The van der Waals surface area contributed by atoms with E-state index in [4.69, 9.17) is 21.1 Å². The van der Waals surface area contributed by atoms with Crippen molar-refractivity contribution in [1.29, 1.82) is 0 Å². The van der Waals surface area contributed by atoms with E-state index < -0.39 is 5.79 Å². The normalized spacial score (nSPS) is 14.2. The average molecular weight is 179 g/mol. The average Bonchev–Trinajstić information content (AvgIpc) is 1.84. The molecule has 1 atom stereocenters. The Kier molecular flexibility index (Phi) is 4.54.